The van der Waals surface area contributed by atoms with Gasteiger partial charge in [0.05, 0.1) is 22.6 Å². The van der Waals surface area contributed by atoms with Crippen LogP contribution in [0.15, 0.2) is 51.7 Å². The fourth-order valence-corrected chi connectivity index (χ4v) is 3.25. The Bertz CT molecular complexity index is 1140. The smallest absolute Gasteiger partial charge is 0.337 e. The number of para-hydroxylation sites is 1. The van der Waals surface area contributed by atoms with Crippen molar-refractivity contribution in [2.75, 3.05) is 17.2 Å². The summed E-state index contributed by atoms with van der Waals surface area (Å²) in [6, 6.07) is 11.4. The lowest BCUT2D eigenvalue weighted by molar-refractivity contribution is 0.0697. The number of hydrogen-bond acceptors (Lipinski definition) is 6. The van der Waals surface area contributed by atoms with Crippen molar-refractivity contribution in [2.24, 2.45) is 0 Å². The quantitative estimate of drug-likeness (QED) is 0.463. The third kappa shape index (κ3) is 4.80. The second kappa shape index (κ2) is 8.20. The summed E-state index contributed by atoms with van der Waals surface area (Å²) in [5.74, 6) is -0.762. The Labute approximate surface area is 174 Å². The number of fused-ring (bicyclic) bond motifs is 1. The summed E-state index contributed by atoms with van der Waals surface area (Å²) >= 11 is 0. The summed E-state index contributed by atoms with van der Waals surface area (Å²) < 4.78 is 5.98. The molecule has 0 bridgehead atoms. The molecule has 0 fully saturated rings. The summed E-state index contributed by atoms with van der Waals surface area (Å²) in [5, 5.41) is 26.0. The second-order valence-corrected chi connectivity index (χ2v) is 8.09. The van der Waals surface area contributed by atoms with Gasteiger partial charge in [-0.05, 0) is 51.5 Å². The molecule has 0 saturated heterocycles. The van der Waals surface area contributed by atoms with Crippen molar-refractivity contribution in [3.05, 3.63) is 69.4 Å². The van der Waals surface area contributed by atoms with Gasteiger partial charge in [0.1, 0.15) is 5.58 Å². The first-order chi connectivity index (χ1) is 14.0. The zero-order chi connectivity index (χ0) is 22.1. The van der Waals surface area contributed by atoms with Crippen molar-refractivity contribution < 1.29 is 19.4 Å². The van der Waals surface area contributed by atoms with Crippen molar-refractivity contribution in [2.45, 2.75) is 39.3 Å². The number of aryl methyl sites for hydroxylation is 1. The molecule has 7 heteroatoms. The highest BCUT2D eigenvalue weighted by molar-refractivity contribution is 5.94. The lowest BCUT2D eigenvalue weighted by Crippen LogP contribution is -2.29. The molecule has 1 atom stereocenters. The summed E-state index contributed by atoms with van der Waals surface area (Å²) in [5.41, 5.74) is 1.51. The fraction of sp³-hybridized carbons (Fsp3) is 0.304. The molecule has 0 amide bonds. The van der Waals surface area contributed by atoms with E-state index in [1.807, 2.05) is 19.9 Å². The van der Waals surface area contributed by atoms with E-state index in [0.717, 1.165) is 11.1 Å². The lowest BCUT2D eigenvalue weighted by atomic mass is 10.0. The minimum Gasteiger partial charge on any atom is -0.478 e. The maximum atomic E-state index is 12.7. The zero-order valence-corrected chi connectivity index (χ0v) is 17.4. The van der Waals surface area contributed by atoms with Crippen LogP contribution in [0.2, 0.25) is 0 Å². The molecule has 158 valence electrons. The number of hydrogen-bond donors (Lipinski definition) is 4. The lowest BCUT2D eigenvalue weighted by Gasteiger charge is -2.20. The minimum atomic E-state index is -1.02. The third-order valence-electron chi connectivity index (χ3n) is 4.69. The molecule has 0 spiro atoms. The molecule has 0 aliphatic rings. The summed E-state index contributed by atoms with van der Waals surface area (Å²) in [6.45, 7) is 7.28. The Morgan fingerprint density at radius 2 is 1.90 bits per heavy atom. The molecule has 4 N–H and O–H groups in total. The van der Waals surface area contributed by atoms with Crippen molar-refractivity contribution >= 4 is 28.5 Å². The number of aromatic carboxylic acids is 1. The monoisotopic (exact) mass is 410 g/mol. The first kappa shape index (κ1) is 21.4. The van der Waals surface area contributed by atoms with Gasteiger partial charge in [0, 0.05) is 23.9 Å². The summed E-state index contributed by atoms with van der Waals surface area (Å²) in [4.78, 5) is 24.2. The van der Waals surface area contributed by atoms with Crippen LogP contribution in [0.3, 0.4) is 0 Å². The van der Waals surface area contributed by atoms with Gasteiger partial charge in [-0.2, -0.15) is 0 Å². The Balaban J connectivity index is 2.05. The average molecular weight is 410 g/mol. The van der Waals surface area contributed by atoms with Crippen LogP contribution in [0.5, 0.6) is 0 Å². The SMILES string of the molecule is Cc1cc([C@@H](C)Nc2ccccc2C(=O)O)c2oc(NCC(C)(C)O)cc(=O)c2c1. The zero-order valence-electron chi connectivity index (χ0n) is 17.4. The molecule has 0 saturated carbocycles. The maximum Gasteiger partial charge on any atom is 0.337 e. The third-order valence-corrected chi connectivity index (χ3v) is 4.69. The van der Waals surface area contributed by atoms with Gasteiger partial charge in [0.25, 0.3) is 0 Å². The molecular formula is C23H26N2O5. The van der Waals surface area contributed by atoms with E-state index in [-0.39, 0.29) is 29.5 Å². The van der Waals surface area contributed by atoms with E-state index in [4.69, 9.17) is 4.42 Å². The first-order valence-corrected chi connectivity index (χ1v) is 9.68. The molecule has 0 aliphatic heterocycles. The molecular weight excluding hydrogens is 384 g/mol. The van der Waals surface area contributed by atoms with Crippen LogP contribution in [0.4, 0.5) is 11.6 Å². The van der Waals surface area contributed by atoms with Crippen LogP contribution >= 0.6 is 0 Å². The Hall–Kier alpha value is -3.32. The van der Waals surface area contributed by atoms with E-state index < -0.39 is 11.6 Å². The Morgan fingerprint density at radius 3 is 2.57 bits per heavy atom. The molecule has 1 aromatic heterocycles. The van der Waals surface area contributed by atoms with E-state index in [2.05, 4.69) is 10.6 Å². The standard InChI is InChI=1S/C23H26N2O5/c1-13-9-16(14(2)25-18-8-6-5-7-15(18)22(27)28)21-17(10-13)19(26)11-20(30-21)24-12-23(3,4)29/h5-11,14,24-25,29H,12H2,1-4H3,(H,27,28)/t14-/m1/s1. The van der Waals surface area contributed by atoms with Gasteiger partial charge < -0.3 is 25.3 Å². The maximum absolute atomic E-state index is 12.7. The van der Waals surface area contributed by atoms with Crippen LogP contribution in [0.25, 0.3) is 11.0 Å². The van der Waals surface area contributed by atoms with Gasteiger partial charge in [-0.1, -0.05) is 18.2 Å². The van der Waals surface area contributed by atoms with Gasteiger partial charge in [-0.15, -0.1) is 0 Å². The molecule has 1 heterocycles. The predicted molar refractivity (Wildman–Crippen MR) is 117 cm³/mol. The molecule has 3 aromatic rings. The van der Waals surface area contributed by atoms with Crippen molar-refractivity contribution in [1.82, 2.24) is 0 Å². The highest BCUT2D eigenvalue weighted by atomic mass is 16.4. The normalized spacial score (nSPS) is 12.6. The number of nitrogens with one attached hydrogen (secondary N) is 2. The van der Waals surface area contributed by atoms with Gasteiger partial charge in [0.2, 0.25) is 0 Å². The van der Waals surface area contributed by atoms with Crippen LogP contribution in [0.1, 0.15) is 48.3 Å². The van der Waals surface area contributed by atoms with Gasteiger partial charge in [-0.3, -0.25) is 4.79 Å². The molecule has 7 nitrogen and oxygen atoms in total. The highest BCUT2D eigenvalue weighted by Crippen LogP contribution is 2.30. The number of carbonyl (C=O) groups is 1. The van der Waals surface area contributed by atoms with E-state index in [9.17, 15) is 19.8 Å². The number of carboxylic acid groups (broad SMARTS) is 1. The number of anilines is 2. The molecule has 30 heavy (non-hydrogen) atoms. The summed E-state index contributed by atoms with van der Waals surface area (Å²) in [6.07, 6.45) is 0. The van der Waals surface area contributed by atoms with E-state index in [1.54, 1.807) is 38.1 Å². The van der Waals surface area contributed by atoms with Crippen molar-refractivity contribution in [3.8, 4) is 0 Å². The minimum absolute atomic E-state index is 0.162. The fourth-order valence-electron chi connectivity index (χ4n) is 3.25. The molecule has 2 aromatic carbocycles. The molecule has 3 rings (SSSR count). The van der Waals surface area contributed by atoms with Crippen molar-refractivity contribution in [3.63, 3.8) is 0 Å². The molecule has 0 unspecified atom stereocenters. The summed E-state index contributed by atoms with van der Waals surface area (Å²) in [7, 11) is 0. The molecule has 0 radical (unpaired) electrons. The highest BCUT2D eigenvalue weighted by Gasteiger charge is 2.19. The van der Waals surface area contributed by atoms with Crippen LogP contribution in [-0.4, -0.2) is 28.3 Å². The predicted octanol–water partition coefficient (Wildman–Crippen LogP) is 4.16. The van der Waals surface area contributed by atoms with E-state index in [1.165, 1.54) is 12.1 Å². The molecule has 0 aliphatic carbocycles. The first-order valence-electron chi connectivity index (χ1n) is 9.68. The second-order valence-electron chi connectivity index (χ2n) is 8.09. The van der Waals surface area contributed by atoms with Crippen LogP contribution in [0, 0.1) is 6.92 Å². The van der Waals surface area contributed by atoms with Gasteiger partial charge in [-0.25, -0.2) is 4.79 Å². The largest absolute Gasteiger partial charge is 0.478 e. The topological polar surface area (TPSA) is 112 Å². The van der Waals surface area contributed by atoms with E-state index >= 15 is 0 Å². The Morgan fingerprint density at radius 1 is 1.20 bits per heavy atom. The number of rotatable bonds is 7. The Kier molecular flexibility index (Phi) is 5.85. The number of carboxylic acids is 1. The number of benzene rings is 2. The van der Waals surface area contributed by atoms with Gasteiger partial charge in [0.15, 0.2) is 11.3 Å². The van der Waals surface area contributed by atoms with Gasteiger partial charge >= 0.3 is 5.97 Å². The van der Waals surface area contributed by atoms with Crippen LogP contribution in [-0.2, 0) is 0 Å². The van der Waals surface area contributed by atoms with E-state index in [0.29, 0.717) is 16.7 Å². The average Bonchev–Trinajstić information content (AvgIpc) is 2.66. The van der Waals surface area contributed by atoms with Crippen LogP contribution < -0.4 is 16.1 Å². The number of aliphatic hydroxyl groups is 1. The van der Waals surface area contributed by atoms with Crippen molar-refractivity contribution in [1.29, 1.82) is 0 Å².